The Morgan fingerprint density at radius 1 is 1.03 bits per heavy atom. The highest BCUT2D eigenvalue weighted by molar-refractivity contribution is 5.95. The van der Waals surface area contributed by atoms with E-state index in [0.717, 1.165) is 29.3 Å². The standard InChI is InChI=1S/C22H20F3N3O/c23-22(24,25)20-19(14-26-28(20)18-11-2-1-3-12-18)21(29)27-17-10-6-9-15-7-4-5-8-16(15)13-17/h1-5,7-8,11-12,14,17H,6,9-10,13H2,(H,27,29). The van der Waals surface area contributed by atoms with Crippen LogP contribution in [0.25, 0.3) is 5.69 Å². The number of alkyl halides is 3. The molecule has 1 aromatic heterocycles. The number of carbonyl (C=O) groups is 1. The van der Waals surface area contributed by atoms with Gasteiger partial charge in [0, 0.05) is 6.04 Å². The third-order valence-corrected chi connectivity index (χ3v) is 5.20. The number of hydrogen-bond donors (Lipinski definition) is 1. The van der Waals surface area contributed by atoms with Crippen LogP contribution >= 0.6 is 0 Å². The van der Waals surface area contributed by atoms with E-state index in [1.165, 1.54) is 17.7 Å². The van der Waals surface area contributed by atoms with Crippen molar-refractivity contribution in [1.82, 2.24) is 15.1 Å². The molecule has 1 aliphatic carbocycles. The Morgan fingerprint density at radius 3 is 2.45 bits per heavy atom. The van der Waals surface area contributed by atoms with Gasteiger partial charge in [0.05, 0.1) is 17.4 Å². The molecule has 2 aromatic carbocycles. The van der Waals surface area contributed by atoms with E-state index in [1.807, 2.05) is 18.2 Å². The van der Waals surface area contributed by atoms with Gasteiger partial charge in [-0.25, -0.2) is 4.68 Å². The summed E-state index contributed by atoms with van der Waals surface area (Å²) in [6.07, 6.45) is -0.616. The van der Waals surface area contributed by atoms with Crippen LogP contribution in [-0.4, -0.2) is 21.7 Å². The molecule has 0 bridgehead atoms. The molecule has 4 rings (SSSR count). The van der Waals surface area contributed by atoms with Crippen molar-refractivity contribution < 1.29 is 18.0 Å². The fourth-order valence-corrected chi connectivity index (χ4v) is 3.85. The highest BCUT2D eigenvalue weighted by Gasteiger charge is 2.40. The van der Waals surface area contributed by atoms with E-state index in [-0.39, 0.29) is 11.7 Å². The van der Waals surface area contributed by atoms with Gasteiger partial charge in [0.1, 0.15) is 0 Å². The van der Waals surface area contributed by atoms with E-state index < -0.39 is 23.3 Å². The minimum Gasteiger partial charge on any atom is -0.349 e. The molecule has 1 N–H and O–H groups in total. The summed E-state index contributed by atoms with van der Waals surface area (Å²) in [7, 11) is 0. The number of nitrogens with zero attached hydrogens (tertiary/aromatic N) is 2. The summed E-state index contributed by atoms with van der Waals surface area (Å²) in [6, 6.07) is 15.8. The number of halogens is 3. The van der Waals surface area contributed by atoms with Crippen LogP contribution in [-0.2, 0) is 19.0 Å². The van der Waals surface area contributed by atoms with Crippen LogP contribution in [0, 0.1) is 0 Å². The van der Waals surface area contributed by atoms with Gasteiger partial charge in [0.2, 0.25) is 0 Å². The van der Waals surface area contributed by atoms with Crippen molar-refractivity contribution in [3.63, 3.8) is 0 Å². The Bertz CT molecular complexity index is 1010. The largest absolute Gasteiger partial charge is 0.434 e. The Labute approximate surface area is 166 Å². The van der Waals surface area contributed by atoms with Gasteiger partial charge in [-0.05, 0) is 48.9 Å². The highest BCUT2D eigenvalue weighted by Crippen LogP contribution is 2.34. The predicted molar refractivity (Wildman–Crippen MR) is 103 cm³/mol. The van der Waals surface area contributed by atoms with Crippen molar-refractivity contribution in [2.45, 2.75) is 37.9 Å². The minimum absolute atomic E-state index is 0.215. The Hall–Kier alpha value is -3.09. The molecular weight excluding hydrogens is 379 g/mol. The first-order chi connectivity index (χ1) is 13.9. The van der Waals surface area contributed by atoms with E-state index in [9.17, 15) is 18.0 Å². The quantitative estimate of drug-likeness (QED) is 0.656. The van der Waals surface area contributed by atoms with E-state index >= 15 is 0 Å². The van der Waals surface area contributed by atoms with Crippen molar-refractivity contribution >= 4 is 5.91 Å². The number of aromatic nitrogens is 2. The van der Waals surface area contributed by atoms with E-state index in [1.54, 1.807) is 18.2 Å². The van der Waals surface area contributed by atoms with Crippen LogP contribution in [0.3, 0.4) is 0 Å². The molecule has 1 amide bonds. The second-order valence-corrected chi connectivity index (χ2v) is 7.19. The number of rotatable bonds is 3. The first-order valence-electron chi connectivity index (χ1n) is 9.52. The molecule has 1 heterocycles. The molecule has 1 unspecified atom stereocenters. The summed E-state index contributed by atoms with van der Waals surface area (Å²) < 4.78 is 42.1. The van der Waals surface area contributed by atoms with Crippen LogP contribution in [0.2, 0.25) is 0 Å². The zero-order valence-corrected chi connectivity index (χ0v) is 15.6. The molecule has 0 aliphatic heterocycles. The van der Waals surface area contributed by atoms with Crippen LogP contribution < -0.4 is 5.32 Å². The maximum Gasteiger partial charge on any atom is 0.434 e. The molecule has 3 aromatic rings. The lowest BCUT2D eigenvalue weighted by molar-refractivity contribution is -0.143. The van der Waals surface area contributed by atoms with Gasteiger partial charge in [-0.2, -0.15) is 18.3 Å². The van der Waals surface area contributed by atoms with Crippen molar-refractivity contribution in [2.24, 2.45) is 0 Å². The second-order valence-electron chi connectivity index (χ2n) is 7.19. The Balaban J connectivity index is 1.62. The normalized spacial score (nSPS) is 16.7. The average Bonchev–Trinajstić information content (AvgIpc) is 3.06. The molecule has 0 spiro atoms. The highest BCUT2D eigenvalue weighted by atomic mass is 19.4. The Kier molecular flexibility index (Phi) is 5.13. The molecule has 4 nitrogen and oxygen atoms in total. The summed E-state index contributed by atoms with van der Waals surface area (Å²) in [4.78, 5) is 12.8. The monoisotopic (exact) mass is 399 g/mol. The Morgan fingerprint density at radius 2 is 1.72 bits per heavy atom. The van der Waals surface area contributed by atoms with Crippen molar-refractivity contribution in [2.75, 3.05) is 0 Å². The zero-order valence-electron chi connectivity index (χ0n) is 15.6. The van der Waals surface area contributed by atoms with Gasteiger partial charge in [-0.15, -0.1) is 0 Å². The van der Waals surface area contributed by atoms with Crippen LogP contribution in [0.1, 0.15) is 40.0 Å². The number of carbonyl (C=O) groups excluding carboxylic acids is 1. The molecule has 150 valence electrons. The van der Waals surface area contributed by atoms with Gasteiger partial charge < -0.3 is 5.32 Å². The molecular formula is C22H20F3N3O. The van der Waals surface area contributed by atoms with Crippen molar-refractivity contribution in [3.05, 3.63) is 83.2 Å². The number of fused-ring (bicyclic) bond motifs is 1. The third-order valence-electron chi connectivity index (χ3n) is 5.20. The molecule has 0 radical (unpaired) electrons. The average molecular weight is 399 g/mol. The molecule has 0 fully saturated rings. The lowest BCUT2D eigenvalue weighted by Crippen LogP contribution is -2.37. The molecule has 1 atom stereocenters. The molecule has 0 saturated heterocycles. The van der Waals surface area contributed by atoms with E-state index in [4.69, 9.17) is 0 Å². The van der Waals surface area contributed by atoms with Crippen LogP contribution in [0.4, 0.5) is 13.2 Å². The first kappa shape index (κ1) is 19.2. The smallest absolute Gasteiger partial charge is 0.349 e. The van der Waals surface area contributed by atoms with E-state index in [2.05, 4.69) is 16.5 Å². The lowest BCUT2D eigenvalue weighted by Gasteiger charge is -2.18. The summed E-state index contributed by atoms with van der Waals surface area (Å²) >= 11 is 0. The predicted octanol–water partition coefficient (Wildman–Crippen LogP) is 4.57. The maximum absolute atomic E-state index is 13.8. The van der Waals surface area contributed by atoms with Crippen LogP contribution in [0.5, 0.6) is 0 Å². The van der Waals surface area contributed by atoms with Gasteiger partial charge in [0.15, 0.2) is 5.69 Å². The number of hydrogen-bond acceptors (Lipinski definition) is 2. The summed E-state index contributed by atoms with van der Waals surface area (Å²) in [5.74, 6) is -0.746. The summed E-state index contributed by atoms with van der Waals surface area (Å²) in [5.41, 5.74) is 1.10. The third kappa shape index (κ3) is 4.04. The van der Waals surface area contributed by atoms with E-state index in [0.29, 0.717) is 12.8 Å². The zero-order chi connectivity index (χ0) is 20.4. The van der Waals surface area contributed by atoms with Crippen LogP contribution in [0.15, 0.2) is 60.8 Å². The van der Waals surface area contributed by atoms with Crippen molar-refractivity contribution in [1.29, 1.82) is 0 Å². The fourth-order valence-electron chi connectivity index (χ4n) is 3.85. The number of para-hydroxylation sites is 1. The number of aryl methyl sites for hydroxylation is 1. The lowest BCUT2D eigenvalue weighted by atomic mass is 10.0. The number of amides is 1. The van der Waals surface area contributed by atoms with Gasteiger partial charge in [0.25, 0.3) is 5.91 Å². The second kappa shape index (κ2) is 7.73. The van der Waals surface area contributed by atoms with Crippen molar-refractivity contribution in [3.8, 4) is 5.69 Å². The topological polar surface area (TPSA) is 46.9 Å². The number of nitrogens with one attached hydrogen (secondary N) is 1. The first-order valence-corrected chi connectivity index (χ1v) is 9.52. The minimum atomic E-state index is -4.71. The fraction of sp³-hybridized carbons (Fsp3) is 0.273. The molecule has 0 saturated carbocycles. The SMILES string of the molecule is O=C(NC1CCCc2ccccc2C1)c1cnn(-c2ccccc2)c1C(F)(F)F. The number of benzene rings is 2. The summed E-state index contributed by atoms with van der Waals surface area (Å²) in [6.45, 7) is 0. The molecule has 1 aliphatic rings. The van der Waals surface area contributed by atoms with Gasteiger partial charge >= 0.3 is 6.18 Å². The maximum atomic E-state index is 13.8. The summed E-state index contributed by atoms with van der Waals surface area (Å²) in [5, 5.41) is 6.66. The molecule has 7 heteroatoms. The van der Waals surface area contributed by atoms with Gasteiger partial charge in [-0.3, -0.25) is 4.79 Å². The van der Waals surface area contributed by atoms with Gasteiger partial charge in [-0.1, -0.05) is 42.5 Å². The molecule has 29 heavy (non-hydrogen) atoms.